The topological polar surface area (TPSA) is 56.3 Å². The molecule has 0 unspecified atom stereocenters. The van der Waals surface area contributed by atoms with Gasteiger partial charge in [0.25, 0.3) is 0 Å². The molecule has 124 valence electrons. The summed E-state index contributed by atoms with van der Waals surface area (Å²) in [6.07, 6.45) is 0. The molecule has 2 heterocycles. The highest BCUT2D eigenvalue weighted by Crippen LogP contribution is 2.30. The lowest BCUT2D eigenvalue weighted by atomic mass is 10.2. The number of ether oxygens (including phenoxy) is 2. The minimum Gasteiger partial charge on any atom is -0.497 e. The van der Waals surface area contributed by atoms with Gasteiger partial charge < -0.3 is 14.8 Å². The zero-order chi connectivity index (χ0) is 17.1. The summed E-state index contributed by atoms with van der Waals surface area (Å²) in [6, 6.07) is 11.8. The van der Waals surface area contributed by atoms with E-state index in [9.17, 15) is 0 Å². The molecule has 0 spiro atoms. The van der Waals surface area contributed by atoms with Crippen molar-refractivity contribution in [1.29, 1.82) is 0 Å². The van der Waals surface area contributed by atoms with E-state index in [0.717, 1.165) is 39.6 Å². The summed E-state index contributed by atoms with van der Waals surface area (Å²) in [7, 11) is 1.66. The van der Waals surface area contributed by atoms with Crippen molar-refractivity contribution in [3.63, 3.8) is 0 Å². The average Bonchev–Trinajstić information content (AvgIpc) is 2.57. The minimum absolute atomic E-state index is 0.606. The molecule has 0 radical (unpaired) electrons. The molecular weight excluding hydrogens is 302 g/mol. The standard InChI is InChI=1S/C19H21N3O2/c1-5-24-18-11-16-17(10-12(2)20-19(16)21-13(18)3)22-14-6-8-15(23-4)9-7-14/h6-11H,5H2,1-4H3,(H,20,21,22). The predicted molar refractivity (Wildman–Crippen MR) is 96.5 cm³/mol. The van der Waals surface area contributed by atoms with Crippen molar-refractivity contribution in [3.05, 3.63) is 47.8 Å². The molecule has 0 aliphatic carbocycles. The Hall–Kier alpha value is -2.82. The van der Waals surface area contributed by atoms with Crippen LogP contribution in [0.2, 0.25) is 0 Å². The Morgan fingerprint density at radius 2 is 1.79 bits per heavy atom. The van der Waals surface area contributed by atoms with Crippen molar-refractivity contribution in [3.8, 4) is 11.5 Å². The molecular formula is C19H21N3O2. The van der Waals surface area contributed by atoms with Gasteiger partial charge in [-0.1, -0.05) is 0 Å². The SMILES string of the molecule is CCOc1cc2c(Nc3ccc(OC)cc3)cc(C)nc2nc1C. The highest BCUT2D eigenvalue weighted by Gasteiger charge is 2.10. The van der Waals surface area contributed by atoms with Crippen LogP contribution in [-0.4, -0.2) is 23.7 Å². The van der Waals surface area contributed by atoms with E-state index in [1.165, 1.54) is 0 Å². The molecule has 0 aliphatic rings. The minimum atomic E-state index is 0.606. The fourth-order valence-electron chi connectivity index (χ4n) is 2.58. The molecule has 1 aromatic carbocycles. The third kappa shape index (κ3) is 3.25. The van der Waals surface area contributed by atoms with Crippen LogP contribution in [0.3, 0.4) is 0 Å². The van der Waals surface area contributed by atoms with Crippen LogP contribution >= 0.6 is 0 Å². The molecule has 5 nitrogen and oxygen atoms in total. The molecule has 0 bridgehead atoms. The largest absolute Gasteiger partial charge is 0.497 e. The van der Waals surface area contributed by atoms with Gasteiger partial charge in [0.05, 0.1) is 25.1 Å². The van der Waals surface area contributed by atoms with Gasteiger partial charge in [0.2, 0.25) is 0 Å². The van der Waals surface area contributed by atoms with Crippen LogP contribution in [0.25, 0.3) is 11.0 Å². The average molecular weight is 323 g/mol. The third-order valence-corrected chi connectivity index (χ3v) is 3.74. The maximum atomic E-state index is 5.68. The molecule has 0 saturated carbocycles. The van der Waals surface area contributed by atoms with E-state index in [1.807, 2.05) is 57.2 Å². The molecule has 1 N–H and O–H groups in total. The molecule has 2 aromatic heterocycles. The fraction of sp³-hybridized carbons (Fsp3) is 0.263. The van der Waals surface area contributed by atoms with E-state index in [2.05, 4.69) is 15.3 Å². The molecule has 0 saturated heterocycles. The van der Waals surface area contributed by atoms with Crippen molar-refractivity contribution < 1.29 is 9.47 Å². The van der Waals surface area contributed by atoms with Crippen molar-refractivity contribution in [1.82, 2.24) is 9.97 Å². The maximum absolute atomic E-state index is 5.68. The number of nitrogens with one attached hydrogen (secondary N) is 1. The number of hydrogen-bond donors (Lipinski definition) is 1. The Bertz CT molecular complexity index is 861. The lowest BCUT2D eigenvalue weighted by molar-refractivity contribution is 0.337. The molecule has 3 rings (SSSR count). The van der Waals surface area contributed by atoms with E-state index >= 15 is 0 Å². The second kappa shape index (κ2) is 6.74. The summed E-state index contributed by atoms with van der Waals surface area (Å²) in [5, 5.41) is 4.37. The number of pyridine rings is 2. The number of hydrogen-bond acceptors (Lipinski definition) is 5. The summed E-state index contributed by atoms with van der Waals surface area (Å²) >= 11 is 0. The predicted octanol–water partition coefficient (Wildman–Crippen LogP) is 4.40. The first kappa shape index (κ1) is 16.1. The number of benzene rings is 1. The number of aromatic nitrogens is 2. The normalized spacial score (nSPS) is 10.7. The third-order valence-electron chi connectivity index (χ3n) is 3.74. The maximum Gasteiger partial charge on any atom is 0.162 e. The first-order valence-electron chi connectivity index (χ1n) is 7.93. The Balaban J connectivity index is 2.05. The number of aryl methyl sites for hydroxylation is 2. The Kier molecular flexibility index (Phi) is 4.51. The van der Waals surface area contributed by atoms with E-state index in [1.54, 1.807) is 7.11 Å². The smallest absolute Gasteiger partial charge is 0.162 e. The Labute approximate surface area is 141 Å². The van der Waals surface area contributed by atoms with Gasteiger partial charge >= 0.3 is 0 Å². The van der Waals surface area contributed by atoms with Crippen molar-refractivity contribution in [2.45, 2.75) is 20.8 Å². The molecule has 0 fully saturated rings. The molecule has 0 aliphatic heterocycles. The first-order valence-corrected chi connectivity index (χ1v) is 7.93. The molecule has 3 aromatic rings. The van der Waals surface area contributed by atoms with Gasteiger partial charge in [0.1, 0.15) is 11.5 Å². The highest BCUT2D eigenvalue weighted by molar-refractivity contribution is 5.92. The number of nitrogens with zero attached hydrogens (tertiary/aromatic N) is 2. The van der Waals surface area contributed by atoms with Crippen LogP contribution in [0.1, 0.15) is 18.3 Å². The van der Waals surface area contributed by atoms with Gasteiger partial charge in [-0.3, -0.25) is 0 Å². The first-order chi connectivity index (χ1) is 11.6. The summed E-state index contributed by atoms with van der Waals surface area (Å²) in [5.74, 6) is 1.61. The summed E-state index contributed by atoms with van der Waals surface area (Å²) in [4.78, 5) is 9.13. The Morgan fingerprint density at radius 1 is 1.04 bits per heavy atom. The number of fused-ring (bicyclic) bond motifs is 1. The van der Waals surface area contributed by atoms with Crippen LogP contribution < -0.4 is 14.8 Å². The quantitative estimate of drug-likeness (QED) is 0.754. The van der Waals surface area contributed by atoms with Gasteiger partial charge in [0, 0.05) is 16.8 Å². The van der Waals surface area contributed by atoms with Crippen LogP contribution in [0, 0.1) is 13.8 Å². The number of methoxy groups -OCH3 is 1. The van der Waals surface area contributed by atoms with Crippen LogP contribution in [0.15, 0.2) is 36.4 Å². The molecule has 5 heteroatoms. The molecule has 0 atom stereocenters. The van der Waals surface area contributed by atoms with Crippen LogP contribution in [-0.2, 0) is 0 Å². The lowest BCUT2D eigenvalue weighted by Crippen LogP contribution is -2.00. The monoisotopic (exact) mass is 323 g/mol. The van der Waals surface area contributed by atoms with Gasteiger partial charge in [-0.2, -0.15) is 0 Å². The van der Waals surface area contributed by atoms with E-state index in [4.69, 9.17) is 9.47 Å². The van der Waals surface area contributed by atoms with Crippen molar-refractivity contribution >= 4 is 22.4 Å². The van der Waals surface area contributed by atoms with Crippen LogP contribution in [0.5, 0.6) is 11.5 Å². The van der Waals surface area contributed by atoms with Gasteiger partial charge in [-0.05, 0) is 57.2 Å². The lowest BCUT2D eigenvalue weighted by Gasteiger charge is -2.13. The van der Waals surface area contributed by atoms with Gasteiger partial charge in [0.15, 0.2) is 5.65 Å². The highest BCUT2D eigenvalue weighted by atomic mass is 16.5. The zero-order valence-corrected chi connectivity index (χ0v) is 14.4. The van der Waals surface area contributed by atoms with Crippen LogP contribution in [0.4, 0.5) is 11.4 Å². The number of anilines is 2. The second-order valence-corrected chi connectivity index (χ2v) is 5.54. The van der Waals surface area contributed by atoms with Crippen molar-refractivity contribution in [2.75, 3.05) is 19.0 Å². The van der Waals surface area contributed by atoms with E-state index < -0.39 is 0 Å². The Morgan fingerprint density at radius 3 is 2.46 bits per heavy atom. The zero-order valence-electron chi connectivity index (χ0n) is 14.4. The summed E-state index contributed by atoms with van der Waals surface area (Å²) in [5.41, 5.74) is 4.40. The summed E-state index contributed by atoms with van der Waals surface area (Å²) in [6.45, 7) is 6.47. The van der Waals surface area contributed by atoms with Gasteiger partial charge in [-0.25, -0.2) is 9.97 Å². The van der Waals surface area contributed by atoms with E-state index in [-0.39, 0.29) is 0 Å². The van der Waals surface area contributed by atoms with E-state index in [0.29, 0.717) is 12.3 Å². The van der Waals surface area contributed by atoms with Gasteiger partial charge in [-0.15, -0.1) is 0 Å². The molecule has 24 heavy (non-hydrogen) atoms. The number of rotatable bonds is 5. The van der Waals surface area contributed by atoms with Crippen molar-refractivity contribution in [2.24, 2.45) is 0 Å². The fourth-order valence-corrected chi connectivity index (χ4v) is 2.58. The second-order valence-electron chi connectivity index (χ2n) is 5.54. The summed E-state index contributed by atoms with van der Waals surface area (Å²) < 4.78 is 10.9. The molecule has 0 amide bonds.